The van der Waals surface area contributed by atoms with Crippen molar-refractivity contribution >= 4 is 33.4 Å². The van der Waals surface area contributed by atoms with Crippen LogP contribution in [0, 0.1) is 0 Å². The van der Waals surface area contributed by atoms with Gasteiger partial charge in [-0.2, -0.15) is 0 Å². The van der Waals surface area contributed by atoms with Crippen molar-refractivity contribution in [2.45, 2.75) is 55.8 Å². The number of carbonyl (C=O) groups is 2. The highest BCUT2D eigenvalue weighted by Gasteiger charge is 2.31. The second kappa shape index (κ2) is 14.7. The van der Waals surface area contributed by atoms with Gasteiger partial charge in [0.15, 0.2) is 0 Å². The summed E-state index contributed by atoms with van der Waals surface area (Å²) in [6.45, 7) is 0.468. The zero-order valence-corrected chi connectivity index (χ0v) is 26.6. The number of sulfonamides is 1. The molecule has 4 aromatic rings. The number of hydrogen-bond acceptors (Lipinski definition) is 5. The van der Waals surface area contributed by atoms with Crippen LogP contribution in [0.2, 0.25) is 5.02 Å². The third kappa shape index (κ3) is 8.94. The quantitative estimate of drug-likeness (QED) is 0.180. The zero-order chi connectivity index (χ0) is 31.8. The van der Waals surface area contributed by atoms with Crippen molar-refractivity contribution in [2.75, 3.05) is 7.11 Å². The molecule has 8 nitrogen and oxygen atoms in total. The van der Waals surface area contributed by atoms with Crippen molar-refractivity contribution in [1.29, 1.82) is 0 Å². The Morgan fingerprint density at radius 2 is 1.49 bits per heavy atom. The van der Waals surface area contributed by atoms with Crippen LogP contribution in [0.4, 0.5) is 0 Å². The number of nitrogens with zero attached hydrogens (tertiary/aromatic N) is 1. The summed E-state index contributed by atoms with van der Waals surface area (Å²) in [5.41, 5.74) is 3.23. The van der Waals surface area contributed by atoms with Crippen molar-refractivity contribution in [2.24, 2.45) is 0 Å². The molecular formula is C35H36ClN3O5S. The highest BCUT2D eigenvalue weighted by Crippen LogP contribution is 2.27. The number of ether oxygens (including phenoxy) is 1. The van der Waals surface area contributed by atoms with Gasteiger partial charge in [-0.25, -0.2) is 13.1 Å². The lowest BCUT2D eigenvalue weighted by Crippen LogP contribution is -2.43. The molecule has 234 valence electrons. The molecule has 0 aromatic heterocycles. The largest absolute Gasteiger partial charge is 0.497 e. The predicted octanol–water partition coefficient (Wildman–Crippen LogP) is 5.81. The summed E-state index contributed by atoms with van der Waals surface area (Å²) < 4.78 is 33.0. The molecule has 1 saturated carbocycles. The molecule has 1 aliphatic rings. The van der Waals surface area contributed by atoms with Crippen LogP contribution in [0.15, 0.2) is 108 Å². The third-order valence-electron chi connectivity index (χ3n) is 7.65. The molecule has 5 rings (SSSR count). The second-order valence-corrected chi connectivity index (χ2v) is 13.2. The van der Waals surface area contributed by atoms with Crippen molar-refractivity contribution < 1.29 is 22.7 Å². The first-order chi connectivity index (χ1) is 21.7. The summed E-state index contributed by atoms with van der Waals surface area (Å²) in [5.74, 6) is 0.195. The lowest BCUT2D eigenvalue weighted by atomic mass is 10.0. The number of aryl methyl sites for hydroxylation is 1. The van der Waals surface area contributed by atoms with Gasteiger partial charge >= 0.3 is 0 Å². The SMILES string of the molecule is COc1ccc(CNC(=O)C(c2ccccc2)N(Cc2ccc(Cl)cc2)C(=O)CCc2ccc(S(=O)(=O)NC3CC3)cc2)cc1. The number of amides is 2. The first kappa shape index (κ1) is 32.2. The molecule has 2 amide bonds. The van der Waals surface area contributed by atoms with E-state index in [9.17, 15) is 18.0 Å². The maximum absolute atomic E-state index is 14.0. The molecule has 0 saturated heterocycles. The molecule has 1 atom stereocenters. The van der Waals surface area contributed by atoms with Gasteiger partial charge in [-0.1, -0.05) is 78.3 Å². The molecule has 0 heterocycles. The molecule has 1 fully saturated rings. The molecule has 1 unspecified atom stereocenters. The van der Waals surface area contributed by atoms with Crippen LogP contribution in [0.5, 0.6) is 5.75 Å². The molecule has 1 aliphatic carbocycles. The first-order valence-electron chi connectivity index (χ1n) is 14.8. The summed E-state index contributed by atoms with van der Waals surface area (Å²) in [4.78, 5) is 29.7. The first-order valence-corrected chi connectivity index (χ1v) is 16.7. The average molecular weight is 646 g/mol. The Hall–Kier alpha value is -4.18. The minimum absolute atomic E-state index is 0.0184. The summed E-state index contributed by atoms with van der Waals surface area (Å²) >= 11 is 6.13. The van der Waals surface area contributed by atoms with Crippen molar-refractivity contribution in [3.63, 3.8) is 0 Å². The highest BCUT2D eigenvalue weighted by molar-refractivity contribution is 7.89. The number of nitrogens with one attached hydrogen (secondary N) is 2. The van der Waals surface area contributed by atoms with E-state index >= 15 is 0 Å². The van der Waals surface area contributed by atoms with E-state index in [-0.39, 0.29) is 42.3 Å². The van der Waals surface area contributed by atoms with Gasteiger partial charge in [0.25, 0.3) is 0 Å². The van der Waals surface area contributed by atoms with E-state index < -0.39 is 16.1 Å². The second-order valence-electron chi connectivity index (χ2n) is 11.1. The number of hydrogen-bond donors (Lipinski definition) is 2. The molecule has 2 N–H and O–H groups in total. The van der Waals surface area contributed by atoms with Crippen molar-refractivity contribution in [3.05, 3.63) is 130 Å². The Balaban J connectivity index is 1.36. The Labute approximate surface area is 269 Å². The van der Waals surface area contributed by atoms with Gasteiger partial charge in [0.05, 0.1) is 12.0 Å². The fourth-order valence-electron chi connectivity index (χ4n) is 4.97. The predicted molar refractivity (Wildman–Crippen MR) is 174 cm³/mol. The van der Waals surface area contributed by atoms with Gasteiger partial charge in [0, 0.05) is 30.6 Å². The van der Waals surface area contributed by atoms with Crippen LogP contribution in [0.1, 0.15) is 47.6 Å². The minimum atomic E-state index is -3.56. The van der Waals surface area contributed by atoms with Crippen molar-refractivity contribution in [1.82, 2.24) is 14.9 Å². The van der Waals surface area contributed by atoms with E-state index in [1.165, 1.54) is 0 Å². The van der Waals surface area contributed by atoms with Crippen LogP contribution < -0.4 is 14.8 Å². The number of methoxy groups -OCH3 is 1. The molecule has 0 spiro atoms. The highest BCUT2D eigenvalue weighted by atomic mass is 35.5. The van der Waals surface area contributed by atoms with Crippen LogP contribution >= 0.6 is 11.6 Å². The molecule has 0 aliphatic heterocycles. The van der Waals surface area contributed by atoms with Crippen molar-refractivity contribution in [3.8, 4) is 5.75 Å². The Bertz CT molecular complexity index is 1690. The maximum atomic E-state index is 14.0. The van der Waals surface area contributed by atoms with Gasteiger partial charge in [-0.05, 0) is 77.9 Å². The Morgan fingerprint density at radius 3 is 2.11 bits per heavy atom. The maximum Gasteiger partial charge on any atom is 0.247 e. The third-order valence-corrected chi connectivity index (χ3v) is 9.44. The van der Waals surface area contributed by atoms with Crippen LogP contribution in [0.3, 0.4) is 0 Å². The van der Waals surface area contributed by atoms with Gasteiger partial charge < -0.3 is 15.0 Å². The molecular weight excluding hydrogens is 610 g/mol. The summed E-state index contributed by atoms with van der Waals surface area (Å²) in [5, 5.41) is 3.59. The lowest BCUT2D eigenvalue weighted by molar-refractivity contribution is -0.141. The number of rotatable bonds is 14. The van der Waals surface area contributed by atoms with E-state index in [2.05, 4.69) is 10.0 Å². The van der Waals surface area contributed by atoms with Crippen LogP contribution in [-0.2, 0) is 39.1 Å². The lowest BCUT2D eigenvalue weighted by Gasteiger charge is -2.32. The van der Waals surface area contributed by atoms with Gasteiger partial charge in [-0.3, -0.25) is 9.59 Å². The topological polar surface area (TPSA) is 105 Å². The Morgan fingerprint density at radius 1 is 0.867 bits per heavy atom. The summed E-state index contributed by atoms with van der Waals surface area (Å²) in [6, 6.07) is 29.6. The molecule has 0 bridgehead atoms. The minimum Gasteiger partial charge on any atom is -0.497 e. The van der Waals surface area contributed by atoms with Gasteiger partial charge in [0.1, 0.15) is 11.8 Å². The smallest absolute Gasteiger partial charge is 0.247 e. The van der Waals surface area contributed by atoms with E-state index in [4.69, 9.17) is 16.3 Å². The molecule has 4 aromatic carbocycles. The number of halogens is 1. The van der Waals surface area contributed by atoms with E-state index in [1.54, 1.807) is 48.4 Å². The van der Waals surface area contributed by atoms with Crippen LogP contribution in [0.25, 0.3) is 0 Å². The van der Waals surface area contributed by atoms with E-state index in [1.807, 2.05) is 66.7 Å². The average Bonchev–Trinajstić information content (AvgIpc) is 3.87. The molecule has 45 heavy (non-hydrogen) atoms. The number of benzene rings is 4. The Kier molecular flexibility index (Phi) is 10.5. The monoisotopic (exact) mass is 645 g/mol. The fraction of sp³-hybridized carbons (Fsp3) is 0.257. The van der Waals surface area contributed by atoms with E-state index in [0.717, 1.165) is 35.3 Å². The molecule has 10 heteroatoms. The molecule has 0 radical (unpaired) electrons. The summed E-state index contributed by atoms with van der Waals surface area (Å²) in [6.07, 6.45) is 2.21. The van der Waals surface area contributed by atoms with Crippen LogP contribution in [-0.4, -0.2) is 38.3 Å². The fourth-order valence-corrected chi connectivity index (χ4v) is 6.40. The number of carbonyl (C=O) groups excluding carboxylic acids is 2. The standard InChI is InChI=1S/C35H36ClN3O5S/c1-44-31-18-9-26(10-19-31)23-37-35(41)34(28-5-3-2-4-6-28)39(24-27-7-14-29(36)15-8-27)33(40)22-13-25-11-20-32(21-12-25)45(42,43)38-30-16-17-30/h2-12,14-15,18-21,30,34,38H,13,16-17,22-24H2,1H3,(H,37,41). The van der Waals surface area contributed by atoms with Gasteiger partial charge in [-0.15, -0.1) is 0 Å². The summed E-state index contributed by atoms with van der Waals surface area (Å²) in [7, 11) is -1.96. The zero-order valence-electron chi connectivity index (χ0n) is 25.0. The normalized spacial score (nSPS) is 13.6. The van der Waals surface area contributed by atoms with E-state index in [0.29, 0.717) is 17.0 Å². The van der Waals surface area contributed by atoms with Gasteiger partial charge in [0.2, 0.25) is 21.8 Å².